The fraction of sp³-hybridized carbons (Fsp3) is 0.333. The number of aromatic nitrogens is 2. The lowest BCUT2D eigenvalue weighted by Crippen LogP contribution is -2.13. The number of hydrogen-bond acceptors (Lipinski definition) is 4. The molecule has 2 aromatic rings. The van der Waals surface area contributed by atoms with Crippen molar-refractivity contribution < 1.29 is 9.47 Å². The van der Waals surface area contributed by atoms with E-state index in [-0.39, 0.29) is 5.56 Å². The minimum absolute atomic E-state index is 0.147. The largest absolute Gasteiger partial charge is 0.382 e. The molecule has 5 heteroatoms. The van der Waals surface area contributed by atoms with Gasteiger partial charge >= 0.3 is 0 Å². The first kappa shape index (κ1) is 14.4. The maximum atomic E-state index is 11.7. The van der Waals surface area contributed by atoms with E-state index in [1.54, 1.807) is 7.11 Å². The number of aromatic amines is 1. The van der Waals surface area contributed by atoms with Crippen LogP contribution in [0.1, 0.15) is 5.82 Å². The van der Waals surface area contributed by atoms with E-state index in [1.807, 2.05) is 30.3 Å². The van der Waals surface area contributed by atoms with Crippen molar-refractivity contribution >= 4 is 0 Å². The van der Waals surface area contributed by atoms with Crippen LogP contribution in [0.4, 0.5) is 0 Å². The van der Waals surface area contributed by atoms with Crippen LogP contribution in [0.3, 0.4) is 0 Å². The summed E-state index contributed by atoms with van der Waals surface area (Å²) in [6.45, 7) is 1.61. The Bertz CT molecular complexity index is 581. The van der Waals surface area contributed by atoms with E-state index < -0.39 is 0 Å². The quantitative estimate of drug-likeness (QED) is 0.780. The predicted molar refractivity (Wildman–Crippen MR) is 76.7 cm³/mol. The summed E-state index contributed by atoms with van der Waals surface area (Å²) in [4.78, 5) is 18.8. The maximum Gasteiger partial charge on any atom is 0.251 e. The summed E-state index contributed by atoms with van der Waals surface area (Å²) in [6.07, 6.45) is 0.569. The van der Waals surface area contributed by atoms with Crippen molar-refractivity contribution in [3.8, 4) is 11.3 Å². The summed E-state index contributed by atoms with van der Waals surface area (Å²) in [5.41, 5.74) is 1.46. The highest BCUT2D eigenvalue weighted by molar-refractivity contribution is 5.58. The van der Waals surface area contributed by atoms with Crippen LogP contribution in [0, 0.1) is 0 Å². The van der Waals surface area contributed by atoms with Crippen LogP contribution in [0.25, 0.3) is 11.3 Å². The molecule has 5 nitrogen and oxygen atoms in total. The molecule has 20 heavy (non-hydrogen) atoms. The minimum Gasteiger partial charge on any atom is -0.382 e. The Morgan fingerprint density at radius 3 is 2.70 bits per heavy atom. The van der Waals surface area contributed by atoms with Crippen LogP contribution in [-0.4, -0.2) is 36.9 Å². The first-order chi connectivity index (χ1) is 9.79. The normalized spacial score (nSPS) is 10.7. The number of rotatable bonds is 7. The molecule has 0 bridgehead atoms. The molecule has 0 radical (unpaired) electrons. The first-order valence-corrected chi connectivity index (χ1v) is 6.52. The summed E-state index contributed by atoms with van der Waals surface area (Å²) in [5.74, 6) is 0.633. The van der Waals surface area contributed by atoms with Crippen molar-refractivity contribution in [1.82, 2.24) is 9.97 Å². The topological polar surface area (TPSA) is 64.2 Å². The third-order valence-electron chi connectivity index (χ3n) is 2.78. The minimum atomic E-state index is -0.147. The molecule has 106 valence electrons. The highest BCUT2D eigenvalue weighted by Crippen LogP contribution is 2.14. The van der Waals surface area contributed by atoms with Gasteiger partial charge in [0.2, 0.25) is 0 Å². The number of benzene rings is 1. The SMILES string of the molecule is COCCOCCc1nc(-c2ccccc2)cc(=O)[nH]1. The molecule has 0 atom stereocenters. The van der Waals surface area contributed by atoms with Crippen molar-refractivity contribution in [3.05, 3.63) is 52.6 Å². The van der Waals surface area contributed by atoms with Crippen LogP contribution in [0.15, 0.2) is 41.2 Å². The molecular weight excluding hydrogens is 256 g/mol. The zero-order valence-corrected chi connectivity index (χ0v) is 11.5. The average molecular weight is 274 g/mol. The third-order valence-corrected chi connectivity index (χ3v) is 2.78. The lowest BCUT2D eigenvalue weighted by atomic mass is 10.1. The average Bonchev–Trinajstić information content (AvgIpc) is 2.47. The third kappa shape index (κ3) is 4.29. The molecule has 0 aliphatic rings. The number of H-pyrrole nitrogens is 1. The highest BCUT2D eigenvalue weighted by Gasteiger charge is 2.03. The van der Waals surface area contributed by atoms with E-state index in [4.69, 9.17) is 9.47 Å². The Hall–Kier alpha value is -1.98. The molecule has 1 aromatic heterocycles. The number of ether oxygens (including phenoxy) is 2. The summed E-state index contributed by atoms with van der Waals surface area (Å²) in [6, 6.07) is 11.1. The molecule has 0 aliphatic heterocycles. The van der Waals surface area contributed by atoms with Gasteiger partial charge in [-0.25, -0.2) is 4.98 Å². The molecule has 1 heterocycles. The lowest BCUT2D eigenvalue weighted by molar-refractivity contribution is 0.0716. The lowest BCUT2D eigenvalue weighted by Gasteiger charge is -2.05. The van der Waals surface area contributed by atoms with Crippen molar-refractivity contribution in [1.29, 1.82) is 0 Å². The molecule has 1 aromatic carbocycles. The van der Waals surface area contributed by atoms with Gasteiger partial charge in [-0.05, 0) is 0 Å². The van der Waals surface area contributed by atoms with E-state index in [0.717, 1.165) is 5.56 Å². The fourth-order valence-electron chi connectivity index (χ4n) is 1.80. The number of nitrogens with zero attached hydrogens (tertiary/aromatic N) is 1. The second kappa shape index (κ2) is 7.57. The zero-order valence-electron chi connectivity index (χ0n) is 11.5. The van der Waals surface area contributed by atoms with Gasteiger partial charge < -0.3 is 14.5 Å². The van der Waals surface area contributed by atoms with Gasteiger partial charge in [-0.3, -0.25) is 4.79 Å². The van der Waals surface area contributed by atoms with Crippen molar-refractivity contribution in [2.75, 3.05) is 26.9 Å². The molecule has 2 rings (SSSR count). The van der Waals surface area contributed by atoms with E-state index in [9.17, 15) is 4.79 Å². The van der Waals surface area contributed by atoms with Gasteiger partial charge in [-0.15, -0.1) is 0 Å². The van der Waals surface area contributed by atoms with Gasteiger partial charge in [0.1, 0.15) is 5.82 Å². The van der Waals surface area contributed by atoms with Gasteiger partial charge in [-0.2, -0.15) is 0 Å². The Morgan fingerprint density at radius 1 is 1.15 bits per heavy atom. The van der Waals surface area contributed by atoms with Gasteiger partial charge in [-0.1, -0.05) is 30.3 Å². The van der Waals surface area contributed by atoms with E-state index in [2.05, 4.69) is 9.97 Å². The molecule has 0 amide bonds. The Morgan fingerprint density at radius 2 is 1.95 bits per heavy atom. The number of methoxy groups -OCH3 is 1. The van der Waals surface area contributed by atoms with Gasteiger partial charge in [0.25, 0.3) is 5.56 Å². The fourth-order valence-corrected chi connectivity index (χ4v) is 1.80. The van der Waals surface area contributed by atoms with E-state index in [1.165, 1.54) is 6.07 Å². The Kier molecular flexibility index (Phi) is 5.46. The second-order valence-corrected chi connectivity index (χ2v) is 4.30. The smallest absolute Gasteiger partial charge is 0.251 e. The Labute approximate surface area is 117 Å². The molecule has 0 saturated carbocycles. The highest BCUT2D eigenvalue weighted by atomic mass is 16.5. The molecule has 0 fully saturated rings. The maximum absolute atomic E-state index is 11.7. The van der Waals surface area contributed by atoms with Crippen LogP contribution in [0.5, 0.6) is 0 Å². The van der Waals surface area contributed by atoms with Crippen molar-refractivity contribution in [2.24, 2.45) is 0 Å². The van der Waals surface area contributed by atoms with Crippen molar-refractivity contribution in [2.45, 2.75) is 6.42 Å². The molecule has 0 aliphatic carbocycles. The second-order valence-electron chi connectivity index (χ2n) is 4.30. The van der Waals surface area contributed by atoms with Crippen LogP contribution in [-0.2, 0) is 15.9 Å². The van der Waals surface area contributed by atoms with Gasteiger partial charge in [0, 0.05) is 25.2 Å². The molecule has 0 unspecified atom stereocenters. The summed E-state index contributed by atoms with van der Waals surface area (Å²) in [5, 5.41) is 0. The van der Waals surface area contributed by atoms with Crippen LogP contribution in [0.2, 0.25) is 0 Å². The monoisotopic (exact) mass is 274 g/mol. The van der Waals surface area contributed by atoms with Crippen LogP contribution < -0.4 is 5.56 Å². The molecule has 0 spiro atoms. The van der Waals surface area contributed by atoms with Crippen LogP contribution >= 0.6 is 0 Å². The van der Waals surface area contributed by atoms with Gasteiger partial charge in [0.05, 0.1) is 25.5 Å². The summed E-state index contributed by atoms with van der Waals surface area (Å²) >= 11 is 0. The Balaban J connectivity index is 2.04. The summed E-state index contributed by atoms with van der Waals surface area (Å²) in [7, 11) is 1.63. The molecule has 0 saturated heterocycles. The number of hydrogen-bond donors (Lipinski definition) is 1. The number of nitrogens with one attached hydrogen (secondary N) is 1. The van der Waals surface area contributed by atoms with Gasteiger partial charge in [0.15, 0.2) is 0 Å². The zero-order chi connectivity index (χ0) is 14.2. The molecular formula is C15H18N2O3. The summed E-state index contributed by atoms with van der Waals surface area (Å²) < 4.78 is 10.3. The predicted octanol–water partition coefficient (Wildman–Crippen LogP) is 1.64. The standard InChI is InChI=1S/C15H18N2O3/c1-19-9-10-20-8-7-14-16-13(11-15(18)17-14)12-5-3-2-4-6-12/h2-6,11H,7-10H2,1H3,(H,16,17,18). The molecule has 1 N–H and O–H groups in total. The van der Waals surface area contributed by atoms with Crippen molar-refractivity contribution in [3.63, 3.8) is 0 Å². The van der Waals surface area contributed by atoms with E-state index in [0.29, 0.717) is 37.8 Å². The van der Waals surface area contributed by atoms with E-state index >= 15 is 0 Å². The first-order valence-electron chi connectivity index (χ1n) is 6.52.